The molecule has 10 heteroatoms. The maximum atomic E-state index is 11.5. The molecule has 0 aromatic heterocycles. The number of carboxylic acids is 3. The van der Waals surface area contributed by atoms with Gasteiger partial charge in [-0.15, -0.1) is 0 Å². The van der Waals surface area contributed by atoms with Gasteiger partial charge in [-0.25, -0.2) is 14.4 Å². The third-order valence-corrected chi connectivity index (χ3v) is 2.31. The van der Waals surface area contributed by atoms with Crippen LogP contribution in [0.2, 0.25) is 0 Å². The Morgan fingerprint density at radius 3 is 1.70 bits per heavy atom. The highest BCUT2D eigenvalue weighted by atomic mass is 16.4. The van der Waals surface area contributed by atoms with Gasteiger partial charge in [-0.3, -0.25) is 4.79 Å². The Morgan fingerprint density at radius 1 is 0.900 bits per heavy atom. The Balaban J connectivity index is 4.47. The maximum Gasteiger partial charge on any atom is 0.326 e. The number of nitrogens with two attached hydrogens (primary N) is 1. The number of carbonyl (C=O) groups excluding carboxylic acids is 1. The van der Waals surface area contributed by atoms with E-state index in [0.717, 1.165) is 0 Å². The number of hydrogen-bond donors (Lipinski definition) is 6. The van der Waals surface area contributed by atoms with Crippen molar-refractivity contribution in [2.45, 2.75) is 31.3 Å². The Hall–Kier alpha value is -2.36. The number of hydrogen-bond acceptors (Lipinski definition) is 5. The zero-order valence-electron chi connectivity index (χ0n) is 10.5. The normalized spacial score (nSPS) is 13.1. The maximum absolute atomic E-state index is 11.5. The second kappa shape index (κ2) is 8.69. The van der Waals surface area contributed by atoms with Crippen molar-refractivity contribution in [3.63, 3.8) is 0 Å². The van der Waals surface area contributed by atoms with Gasteiger partial charge in [-0.2, -0.15) is 0 Å². The van der Waals surface area contributed by atoms with Crippen molar-refractivity contribution in [2.24, 2.45) is 5.73 Å². The van der Waals surface area contributed by atoms with Crippen LogP contribution in [0.1, 0.15) is 19.3 Å². The van der Waals surface area contributed by atoms with Crippen molar-refractivity contribution in [1.29, 1.82) is 0 Å². The van der Waals surface area contributed by atoms with E-state index in [4.69, 9.17) is 21.1 Å². The highest BCUT2D eigenvalue weighted by Gasteiger charge is 2.24. The average molecular weight is 291 g/mol. The minimum absolute atomic E-state index is 0.0182. The van der Waals surface area contributed by atoms with Crippen LogP contribution >= 0.6 is 0 Å². The van der Waals surface area contributed by atoms with Gasteiger partial charge in [0.2, 0.25) is 0 Å². The topological polar surface area (TPSA) is 179 Å². The summed E-state index contributed by atoms with van der Waals surface area (Å²) in [5.74, 6) is -3.92. The molecule has 0 aliphatic heterocycles. The lowest BCUT2D eigenvalue weighted by Crippen LogP contribution is -2.51. The molecule has 0 bridgehead atoms. The van der Waals surface area contributed by atoms with E-state index in [2.05, 4.69) is 5.32 Å². The molecule has 2 amide bonds. The molecule has 0 fully saturated rings. The predicted molar refractivity (Wildman–Crippen MR) is 65.1 cm³/mol. The molecule has 0 aliphatic rings. The Kier molecular flexibility index (Phi) is 7.67. The van der Waals surface area contributed by atoms with E-state index in [9.17, 15) is 19.2 Å². The van der Waals surface area contributed by atoms with E-state index in [0.29, 0.717) is 0 Å². The summed E-state index contributed by atoms with van der Waals surface area (Å²) in [5.41, 5.74) is 5.18. The fraction of sp³-hybridized carbons (Fsp3) is 0.600. The van der Waals surface area contributed by atoms with Gasteiger partial charge in [0.25, 0.3) is 0 Å². The van der Waals surface area contributed by atoms with Gasteiger partial charge >= 0.3 is 23.9 Å². The Bertz CT molecular complexity index is 385. The molecule has 0 saturated heterocycles. The molecule has 2 atom stereocenters. The van der Waals surface area contributed by atoms with Gasteiger partial charge < -0.3 is 31.7 Å². The molecular weight excluding hydrogens is 274 g/mol. The quantitative estimate of drug-likeness (QED) is 0.294. The smallest absolute Gasteiger partial charge is 0.326 e. The molecule has 10 nitrogen and oxygen atoms in total. The molecule has 0 heterocycles. The third kappa shape index (κ3) is 7.16. The van der Waals surface area contributed by atoms with E-state index < -0.39 is 42.4 Å². The Morgan fingerprint density at radius 2 is 1.35 bits per heavy atom. The number of aliphatic carboxylic acids is 3. The summed E-state index contributed by atoms with van der Waals surface area (Å²) in [5, 5.41) is 30.1. The number of nitrogens with one attached hydrogen (secondary N) is 2. The minimum Gasteiger partial charge on any atom is -0.481 e. The van der Waals surface area contributed by atoms with Gasteiger partial charge in [-0.1, -0.05) is 0 Å². The lowest BCUT2D eigenvalue weighted by Gasteiger charge is -2.17. The predicted octanol–water partition coefficient (Wildman–Crippen LogP) is -1.59. The van der Waals surface area contributed by atoms with Crippen molar-refractivity contribution >= 4 is 23.9 Å². The fourth-order valence-electron chi connectivity index (χ4n) is 1.31. The molecular formula is C10H17N3O7. The lowest BCUT2D eigenvalue weighted by atomic mass is 10.1. The summed E-state index contributed by atoms with van der Waals surface area (Å²) in [6.07, 6.45) is -0.773. The van der Waals surface area contributed by atoms with Gasteiger partial charge in [0, 0.05) is 6.42 Å². The standard InChI is InChI=1S/C10H17N3O7/c11-4-3-6(9(18)19)13-10(20)12-5(8(16)17)1-2-7(14)15/h5-6H,1-4,11H2,(H,14,15)(H,16,17)(H,18,19)(H2,12,13,20)/t5?,6-/m0/s1. The molecule has 0 radical (unpaired) electrons. The molecule has 0 spiro atoms. The van der Waals surface area contributed by atoms with E-state index in [1.54, 1.807) is 0 Å². The van der Waals surface area contributed by atoms with Crippen molar-refractivity contribution in [3.05, 3.63) is 0 Å². The van der Waals surface area contributed by atoms with Crippen molar-refractivity contribution < 1.29 is 34.5 Å². The van der Waals surface area contributed by atoms with Crippen LogP contribution in [0, 0.1) is 0 Å². The summed E-state index contributed by atoms with van der Waals surface area (Å²) in [6, 6.07) is -3.67. The van der Waals surface area contributed by atoms with Crippen molar-refractivity contribution in [3.8, 4) is 0 Å². The first-order valence-corrected chi connectivity index (χ1v) is 5.72. The second-order valence-corrected chi connectivity index (χ2v) is 3.91. The SMILES string of the molecule is NCC[C@H](NC(=O)NC(CCC(=O)O)C(=O)O)C(=O)O. The number of amides is 2. The van der Waals surface area contributed by atoms with Crippen LogP contribution in [0.3, 0.4) is 0 Å². The van der Waals surface area contributed by atoms with E-state index in [1.807, 2.05) is 5.32 Å². The molecule has 0 aromatic carbocycles. The van der Waals surface area contributed by atoms with Crippen LogP contribution < -0.4 is 16.4 Å². The van der Waals surface area contributed by atoms with Crippen LogP contribution in [-0.4, -0.2) is 57.9 Å². The second-order valence-electron chi connectivity index (χ2n) is 3.91. The number of carbonyl (C=O) groups is 4. The van der Waals surface area contributed by atoms with Gasteiger partial charge in [0.15, 0.2) is 0 Å². The number of carboxylic acid groups (broad SMARTS) is 3. The highest BCUT2D eigenvalue weighted by Crippen LogP contribution is 1.99. The zero-order valence-corrected chi connectivity index (χ0v) is 10.5. The van der Waals surface area contributed by atoms with Gasteiger partial charge in [0.1, 0.15) is 12.1 Å². The van der Waals surface area contributed by atoms with E-state index in [1.165, 1.54) is 0 Å². The third-order valence-electron chi connectivity index (χ3n) is 2.31. The summed E-state index contributed by atoms with van der Waals surface area (Å²) in [7, 11) is 0. The van der Waals surface area contributed by atoms with Crippen LogP contribution in [0.4, 0.5) is 4.79 Å². The first-order chi connectivity index (χ1) is 9.27. The van der Waals surface area contributed by atoms with Crippen LogP contribution in [0.5, 0.6) is 0 Å². The monoisotopic (exact) mass is 291 g/mol. The molecule has 1 unspecified atom stereocenters. The zero-order chi connectivity index (χ0) is 15.7. The van der Waals surface area contributed by atoms with E-state index >= 15 is 0 Å². The van der Waals surface area contributed by atoms with Crippen LogP contribution in [0.15, 0.2) is 0 Å². The molecule has 7 N–H and O–H groups in total. The molecule has 0 rings (SSSR count). The van der Waals surface area contributed by atoms with E-state index in [-0.39, 0.29) is 19.4 Å². The number of urea groups is 1. The molecule has 0 aliphatic carbocycles. The largest absolute Gasteiger partial charge is 0.481 e. The number of rotatable bonds is 9. The summed E-state index contributed by atoms with van der Waals surface area (Å²) < 4.78 is 0. The average Bonchev–Trinajstić information content (AvgIpc) is 2.33. The molecule has 0 saturated carbocycles. The first-order valence-electron chi connectivity index (χ1n) is 5.72. The molecule has 114 valence electrons. The molecule has 20 heavy (non-hydrogen) atoms. The van der Waals surface area contributed by atoms with Crippen molar-refractivity contribution in [1.82, 2.24) is 10.6 Å². The summed E-state index contributed by atoms with van der Waals surface area (Å²) in [4.78, 5) is 43.4. The molecule has 0 aromatic rings. The minimum atomic E-state index is -1.42. The van der Waals surface area contributed by atoms with Crippen molar-refractivity contribution in [2.75, 3.05) is 6.54 Å². The summed E-state index contributed by atoms with van der Waals surface area (Å²) in [6.45, 7) is 0.0264. The first kappa shape index (κ1) is 17.6. The lowest BCUT2D eigenvalue weighted by molar-refractivity contribution is -0.140. The Labute approximate surface area is 113 Å². The van der Waals surface area contributed by atoms with Gasteiger partial charge in [-0.05, 0) is 19.4 Å². The van der Waals surface area contributed by atoms with Crippen LogP contribution in [0.25, 0.3) is 0 Å². The summed E-state index contributed by atoms with van der Waals surface area (Å²) >= 11 is 0. The fourth-order valence-corrected chi connectivity index (χ4v) is 1.31. The van der Waals surface area contributed by atoms with Gasteiger partial charge in [0.05, 0.1) is 0 Å². The van der Waals surface area contributed by atoms with Crippen LogP contribution in [-0.2, 0) is 14.4 Å². The highest BCUT2D eigenvalue weighted by molar-refractivity contribution is 5.86.